The first-order chi connectivity index (χ1) is 14.0. The third kappa shape index (κ3) is 3.44. The minimum absolute atomic E-state index is 0.116. The van der Waals surface area contributed by atoms with Crippen LogP contribution in [0.25, 0.3) is 0 Å². The number of hydrogen-bond acceptors (Lipinski definition) is 3. The number of amides is 3. The van der Waals surface area contributed by atoms with Crippen molar-refractivity contribution in [1.82, 2.24) is 10.2 Å². The van der Waals surface area contributed by atoms with Gasteiger partial charge in [-0.2, -0.15) is 0 Å². The summed E-state index contributed by atoms with van der Waals surface area (Å²) in [5.74, 6) is -0.960. The first-order valence-corrected chi connectivity index (χ1v) is 9.75. The van der Waals surface area contributed by atoms with Crippen LogP contribution < -0.4 is 10.2 Å². The second kappa shape index (κ2) is 7.58. The SMILES string of the molecule is O=C(c1ccc(N2CCNC2=O)cc1)N1CCC(C(=O)O)(c2ccccc2)CC1. The maximum Gasteiger partial charge on any atom is 0.321 e. The molecular formula is C22H23N3O4. The van der Waals surface area contributed by atoms with Gasteiger partial charge in [0.15, 0.2) is 0 Å². The number of carbonyl (C=O) groups is 3. The van der Waals surface area contributed by atoms with Gasteiger partial charge in [-0.25, -0.2) is 4.79 Å². The molecule has 29 heavy (non-hydrogen) atoms. The predicted molar refractivity (Wildman–Crippen MR) is 108 cm³/mol. The zero-order chi connectivity index (χ0) is 20.4. The van der Waals surface area contributed by atoms with Gasteiger partial charge in [0.05, 0.1) is 5.41 Å². The number of benzene rings is 2. The van der Waals surface area contributed by atoms with Gasteiger partial charge in [-0.1, -0.05) is 30.3 Å². The summed E-state index contributed by atoms with van der Waals surface area (Å²) in [5, 5.41) is 12.7. The highest BCUT2D eigenvalue weighted by Gasteiger charge is 2.43. The molecule has 150 valence electrons. The van der Waals surface area contributed by atoms with Crippen molar-refractivity contribution in [2.75, 3.05) is 31.1 Å². The summed E-state index contributed by atoms with van der Waals surface area (Å²) in [5.41, 5.74) is 1.12. The Bertz CT molecular complexity index is 919. The lowest BCUT2D eigenvalue weighted by molar-refractivity contribution is -0.145. The quantitative estimate of drug-likeness (QED) is 0.835. The Labute approximate surface area is 168 Å². The van der Waals surface area contributed by atoms with Gasteiger partial charge in [0.1, 0.15) is 0 Å². The number of anilines is 1. The summed E-state index contributed by atoms with van der Waals surface area (Å²) in [6.07, 6.45) is 0.758. The lowest BCUT2D eigenvalue weighted by Gasteiger charge is -2.39. The van der Waals surface area contributed by atoms with Gasteiger partial charge < -0.3 is 15.3 Å². The van der Waals surface area contributed by atoms with Crippen LogP contribution >= 0.6 is 0 Å². The van der Waals surface area contributed by atoms with Gasteiger partial charge in [0.25, 0.3) is 5.91 Å². The van der Waals surface area contributed by atoms with E-state index in [1.54, 1.807) is 34.1 Å². The van der Waals surface area contributed by atoms with E-state index < -0.39 is 11.4 Å². The summed E-state index contributed by atoms with van der Waals surface area (Å²) in [7, 11) is 0. The second-order valence-electron chi connectivity index (χ2n) is 7.48. The minimum atomic E-state index is -0.953. The number of carboxylic acids is 1. The van der Waals surface area contributed by atoms with Crippen LogP contribution in [0.15, 0.2) is 54.6 Å². The smallest absolute Gasteiger partial charge is 0.321 e. The molecule has 2 aromatic carbocycles. The normalized spacial score (nSPS) is 18.4. The number of carboxylic acid groups (broad SMARTS) is 1. The number of piperidine rings is 1. The molecule has 0 aliphatic carbocycles. The number of likely N-dealkylation sites (tertiary alicyclic amines) is 1. The summed E-state index contributed by atoms with van der Waals surface area (Å²) < 4.78 is 0. The Kier molecular flexibility index (Phi) is 4.96. The fourth-order valence-electron chi connectivity index (χ4n) is 4.16. The highest BCUT2D eigenvalue weighted by molar-refractivity contribution is 5.97. The molecular weight excluding hydrogens is 370 g/mol. The molecule has 0 aromatic heterocycles. The molecule has 7 nitrogen and oxygen atoms in total. The number of urea groups is 1. The van der Waals surface area contributed by atoms with Crippen molar-refractivity contribution in [1.29, 1.82) is 0 Å². The van der Waals surface area contributed by atoms with Crippen molar-refractivity contribution >= 4 is 23.6 Å². The van der Waals surface area contributed by atoms with E-state index in [1.807, 2.05) is 30.3 Å². The molecule has 0 unspecified atom stereocenters. The maximum absolute atomic E-state index is 12.9. The predicted octanol–water partition coefficient (Wildman–Crippen LogP) is 2.47. The van der Waals surface area contributed by atoms with E-state index in [1.165, 1.54) is 0 Å². The highest BCUT2D eigenvalue weighted by Crippen LogP contribution is 2.36. The lowest BCUT2D eigenvalue weighted by Crippen LogP contribution is -2.49. The van der Waals surface area contributed by atoms with Crippen molar-refractivity contribution < 1.29 is 19.5 Å². The molecule has 0 spiro atoms. The fourth-order valence-corrected chi connectivity index (χ4v) is 4.16. The Morgan fingerprint density at radius 3 is 2.14 bits per heavy atom. The van der Waals surface area contributed by atoms with E-state index in [0.717, 1.165) is 11.3 Å². The average molecular weight is 393 g/mol. The summed E-state index contributed by atoms with van der Waals surface area (Å²) >= 11 is 0. The first-order valence-electron chi connectivity index (χ1n) is 9.75. The monoisotopic (exact) mass is 393 g/mol. The third-order valence-corrected chi connectivity index (χ3v) is 5.92. The van der Waals surface area contributed by atoms with Crippen LogP contribution in [0.2, 0.25) is 0 Å². The molecule has 0 atom stereocenters. The number of aliphatic carboxylic acids is 1. The van der Waals surface area contributed by atoms with Gasteiger partial charge in [-0.05, 0) is 42.7 Å². The minimum Gasteiger partial charge on any atom is -0.481 e. The van der Waals surface area contributed by atoms with Gasteiger partial charge in [0.2, 0.25) is 0 Å². The van der Waals surface area contributed by atoms with Crippen LogP contribution in [0.1, 0.15) is 28.8 Å². The zero-order valence-corrected chi connectivity index (χ0v) is 16.0. The molecule has 0 radical (unpaired) electrons. The second-order valence-corrected chi connectivity index (χ2v) is 7.48. The fraction of sp³-hybridized carbons (Fsp3) is 0.318. The van der Waals surface area contributed by atoms with E-state index in [9.17, 15) is 19.5 Å². The molecule has 2 heterocycles. The highest BCUT2D eigenvalue weighted by atomic mass is 16.4. The Hall–Kier alpha value is -3.35. The molecule has 2 aliphatic rings. The van der Waals surface area contributed by atoms with Crippen LogP contribution in [0.4, 0.5) is 10.5 Å². The van der Waals surface area contributed by atoms with Gasteiger partial charge in [-0.15, -0.1) is 0 Å². The van der Waals surface area contributed by atoms with E-state index in [4.69, 9.17) is 0 Å². The largest absolute Gasteiger partial charge is 0.481 e. The Morgan fingerprint density at radius 2 is 1.59 bits per heavy atom. The van der Waals surface area contributed by atoms with Crippen molar-refractivity contribution in [3.8, 4) is 0 Å². The van der Waals surface area contributed by atoms with Crippen molar-refractivity contribution in [2.24, 2.45) is 0 Å². The first kappa shape index (κ1) is 19.0. The number of nitrogens with one attached hydrogen (secondary N) is 1. The number of carbonyl (C=O) groups excluding carboxylic acids is 2. The molecule has 0 saturated carbocycles. The topological polar surface area (TPSA) is 90.0 Å². The van der Waals surface area contributed by atoms with Crippen LogP contribution in [-0.4, -0.2) is 54.1 Å². The molecule has 2 aliphatic heterocycles. The number of rotatable bonds is 4. The lowest BCUT2D eigenvalue weighted by atomic mass is 9.73. The van der Waals surface area contributed by atoms with Crippen LogP contribution in [0, 0.1) is 0 Å². The molecule has 7 heteroatoms. The van der Waals surface area contributed by atoms with Crippen LogP contribution in [-0.2, 0) is 10.2 Å². The van der Waals surface area contributed by atoms with Crippen molar-refractivity contribution in [2.45, 2.75) is 18.3 Å². The van der Waals surface area contributed by atoms with Gasteiger partial charge in [-0.3, -0.25) is 14.5 Å². The van der Waals surface area contributed by atoms with E-state index >= 15 is 0 Å². The molecule has 4 rings (SSSR count). The Morgan fingerprint density at radius 1 is 0.931 bits per heavy atom. The molecule has 2 N–H and O–H groups in total. The summed E-state index contributed by atoms with van der Waals surface area (Å²) in [6, 6.07) is 16.1. The van der Waals surface area contributed by atoms with Crippen LogP contribution in [0.5, 0.6) is 0 Å². The molecule has 2 saturated heterocycles. The standard InChI is InChI=1S/C22H23N3O4/c26-19(16-6-8-18(9-7-16)25-15-12-23-21(25)29)24-13-10-22(11-14-24,20(27)28)17-4-2-1-3-5-17/h1-9H,10-15H2,(H,23,29)(H,27,28). The average Bonchev–Trinajstić information content (AvgIpc) is 3.20. The van der Waals surface area contributed by atoms with E-state index in [-0.39, 0.29) is 11.9 Å². The summed E-state index contributed by atoms with van der Waals surface area (Å²) in [4.78, 5) is 40.1. The van der Waals surface area contributed by atoms with Crippen LogP contribution in [0.3, 0.4) is 0 Å². The zero-order valence-electron chi connectivity index (χ0n) is 16.0. The Balaban J connectivity index is 1.46. The van der Waals surface area contributed by atoms with E-state index in [0.29, 0.717) is 44.6 Å². The number of hydrogen-bond donors (Lipinski definition) is 2. The molecule has 2 fully saturated rings. The molecule has 3 amide bonds. The number of nitrogens with zero attached hydrogens (tertiary/aromatic N) is 2. The van der Waals surface area contributed by atoms with E-state index in [2.05, 4.69) is 5.32 Å². The maximum atomic E-state index is 12.9. The molecule has 0 bridgehead atoms. The third-order valence-electron chi connectivity index (χ3n) is 5.92. The van der Waals surface area contributed by atoms with Gasteiger partial charge in [0, 0.05) is 37.4 Å². The van der Waals surface area contributed by atoms with Gasteiger partial charge >= 0.3 is 12.0 Å². The molecule has 2 aromatic rings. The summed E-state index contributed by atoms with van der Waals surface area (Å²) in [6.45, 7) is 1.99. The van der Waals surface area contributed by atoms with Crippen molar-refractivity contribution in [3.05, 3.63) is 65.7 Å². The van der Waals surface area contributed by atoms with Crippen molar-refractivity contribution in [3.63, 3.8) is 0 Å².